The fraction of sp³-hybridized carbons (Fsp3) is 0.800. The first-order valence-electron chi connectivity index (χ1n) is 4.78. The van der Waals surface area contributed by atoms with Gasteiger partial charge in [0.25, 0.3) is 0 Å². The van der Waals surface area contributed by atoms with E-state index in [4.69, 9.17) is 5.73 Å². The van der Waals surface area contributed by atoms with E-state index >= 15 is 0 Å². The van der Waals surface area contributed by atoms with Crippen LogP contribution >= 0.6 is 0 Å². The minimum absolute atomic E-state index is 0.712. The highest BCUT2D eigenvalue weighted by Crippen LogP contribution is 2.37. The van der Waals surface area contributed by atoms with Crippen LogP contribution in [0.3, 0.4) is 0 Å². The largest absolute Gasteiger partial charge is 0.330 e. The molecule has 62 valence electrons. The Balaban J connectivity index is 2.10. The van der Waals surface area contributed by atoms with Crippen molar-refractivity contribution >= 4 is 0 Å². The van der Waals surface area contributed by atoms with E-state index in [9.17, 15) is 0 Å². The molecule has 0 saturated heterocycles. The van der Waals surface area contributed by atoms with Crippen molar-refractivity contribution in [3.8, 4) is 0 Å². The molecule has 0 radical (unpaired) electrons. The van der Waals surface area contributed by atoms with Gasteiger partial charge in [-0.2, -0.15) is 0 Å². The molecule has 0 aromatic rings. The van der Waals surface area contributed by atoms with E-state index in [0.717, 1.165) is 12.5 Å². The summed E-state index contributed by atoms with van der Waals surface area (Å²) in [5.41, 5.74) is 7.36. The topological polar surface area (TPSA) is 26.0 Å². The zero-order chi connectivity index (χ0) is 7.68. The van der Waals surface area contributed by atoms with Gasteiger partial charge in [0.2, 0.25) is 0 Å². The second-order valence-corrected chi connectivity index (χ2v) is 4.02. The van der Waals surface area contributed by atoms with Crippen molar-refractivity contribution in [1.82, 2.24) is 0 Å². The smallest absolute Gasteiger partial charge is 0.00140 e. The van der Waals surface area contributed by atoms with Crippen LogP contribution in [0, 0.1) is 11.8 Å². The molecular formula is C10H17N. The van der Waals surface area contributed by atoms with Crippen molar-refractivity contribution in [1.29, 1.82) is 0 Å². The van der Waals surface area contributed by atoms with Gasteiger partial charge in [-0.25, -0.2) is 0 Å². The molecule has 2 aliphatic rings. The molecule has 2 atom stereocenters. The molecule has 0 aliphatic heterocycles. The number of allylic oxidation sites excluding steroid dienone is 1. The van der Waals surface area contributed by atoms with Crippen LogP contribution in [0.1, 0.15) is 32.1 Å². The zero-order valence-corrected chi connectivity index (χ0v) is 7.05. The maximum absolute atomic E-state index is 5.66. The molecule has 2 aliphatic carbocycles. The van der Waals surface area contributed by atoms with Crippen molar-refractivity contribution < 1.29 is 0 Å². The Morgan fingerprint density at radius 3 is 3.18 bits per heavy atom. The van der Waals surface area contributed by atoms with Crippen molar-refractivity contribution in [3.05, 3.63) is 11.6 Å². The molecule has 2 rings (SSSR count). The van der Waals surface area contributed by atoms with Crippen LogP contribution in [-0.4, -0.2) is 6.54 Å². The number of nitrogens with two attached hydrogens (primary N) is 1. The Labute approximate surface area is 68.7 Å². The van der Waals surface area contributed by atoms with Crippen LogP contribution in [0.15, 0.2) is 11.6 Å². The summed E-state index contributed by atoms with van der Waals surface area (Å²) >= 11 is 0. The molecule has 1 fully saturated rings. The van der Waals surface area contributed by atoms with Crippen molar-refractivity contribution in [2.75, 3.05) is 6.54 Å². The summed E-state index contributed by atoms with van der Waals surface area (Å²) in [6.07, 6.45) is 9.42. The summed E-state index contributed by atoms with van der Waals surface area (Å²) < 4.78 is 0. The van der Waals surface area contributed by atoms with E-state index < -0.39 is 0 Å². The van der Waals surface area contributed by atoms with Crippen molar-refractivity contribution in [3.63, 3.8) is 0 Å². The van der Waals surface area contributed by atoms with Gasteiger partial charge in [-0.3, -0.25) is 0 Å². The van der Waals surface area contributed by atoms with Crippen LogP contribution in [0.25, 0.3) is 0 Å². The van der Waals surface area contributed by atoms with Gasteiger partial charge in [0, 0.05) is 0 Å². The minimum atomic E-state index is 0.712. The highest BCUT2D eigenvalue weighted by Gasteiger charge is 2.24. The highest BCUT2D eigenvalue weighted by molar-refractivity contribution is 5.12. The first-order chi connectivity index (χ1) is 5.38. The van der Waals surface area contributed by atoms with Gasteiger partial charge >= 0.3 is 0 Å². The molecule has 0 heterocycles. The molecule has 0 aromatic heterocycles. The Kier molecular flexibility index (Phi) is 1.99. The average molecular weight is 151 g/mol. The van der Waals surface area contributed by atoms with Crippen molar-refractivity contribution in [2.24, 2.45) is 17.6 Å². The third-order valence-corrected chi connectivity index (χ3v) is 3.07. The molecule has 2 bridgehead atoms. The summed E-state index contributed by atoms with van der Waals surface area (Å²) in [6, 6.07) is 0. The third kappa shape index (κ3) is 1.48. The van der Waals surface area contributed by atoms with Gasteiger partial charge in [0.1, 0.15) is 0 Å². The zero-order valence-electron chi connectivity index (χ0n) is 7.05. The molecule has 1 heteroatoms. The second-order valence-electron chi connectivity index (χ2n) is 4.02. The van der Waals surface area contributed by atoms with E-state index in [-0.39, 0.29) is 0 Å². The quantitative estimate of drug-likeness (QED) is 0.570. The summed E-state index contributed by atoms with van der Waals surface area (Å²) in [7, 11) is 0. The number of rotatable bonds is 1. The molecule has 11 heavy (non-hydrogen) atoms. The van der Waals surface area contributed by atoms with E-state index in [1.807, 2.05) is 0 Å². The number of hydrogen-bond acceptors (Lipinski definition) is 1. The fourth-order valence-corrected chi connectivity index (χ4v) is 2.54. The molecule has 1 saturated carbocycles. The Hall–Kier alpha value is -0.300. The van der Waals surface area contributed by atoms with Gasteiger partial charge in [-0.05, 0) is 50.5 Å². The number of hydrogen-bond donors (Lipinski definition) is 1. The van der Waals surface area contributed by atoms with Crippen LogP contribution in [-0.2, 0) is 0 Å². The molecule has 0 aromatic carbocycles. The summed E-state index contributed by atoms with van der Waals surface area (Å²) in [6.45, 7) is 0.861. The first kappa shape index (κ1) is 7.35. The fourth-order valence-electron chi connectivity index (χ4n) is 2.54. The maximum atomic E-state index is 5.66. The molecule has 0 amide bonds. The lowest BCUT2D eigenvalue weighted by molar-refractivity contribution is 0.327. The summed E-state index contributed by atoms with van der Waals surface area (Å²) in [5, 5.41) is 0. The SMILES string of the molecule is NCC1C=C2CCCC(C2)C1. The van der Waals surface area contributed by atoms with E-state index in [2.05, 4.69) is 6.08 Å². The normalized spacial score (nSPS) is 36.6. The lowest BCUT2D eigenvalue weighted by Gasteiger charge is -2.32. The van der Waals surface area contributed by atoms with Crippen molar-refractivity contribution in [2.45, 2.75) is 32.1 Å². The monoisotopic (exact) mass is 151 g/mol. The standard InChI is InChI=1S/C10H17N/c11-7-10-5-8-2-1-3-9(4-8)6-10/h5,9-10H,1-4,6-7,11H2. The molecule has 2 N–H and O–H groups in total. The third-order valence-electron chi connectivity index (χ3n) is 3.07. The molecule has 1 nitrogen and oxygen atoms in total. The lowest BCUT2D eigenvalue weighted by Crippen LogP contribution is -2.23. The molecular weight excluding hydrogens is 134 g/mol. The van der Waals surface area contributed by atoms with Crippen LogP contribution in [0.5, 0.6) is 0 Å². The van der Waals surface area contributed by atoms with Crippen LogP contribution in [0.4, 0.5) is 0 Å². The average Bonchev–Trinajstić information content (AvgIpc) is 2.03. The van der Waals surface area contributed by atoms with Crippen LogP contribution in [0.2, 0.25) is 0 Å². The lowest BCUT2D eigenvalue weighted by atomic mass is 9.74. The van der Waals surface area contributed by atoms with Gasteiger partial charge in [0.05, 0.1) is 0 Å². The van der Waals surface area contributed by atoms with E-state index in [1.54, 1.807) is 5.57 Å². The van der Waals surface area contributed by atoms with Gasteiger partial charge in [0.15, 0.2) is 0 Å². The Morgan fingerprint density at radius 1 is 1.55 bits per heavy atom. The van der Waals surface area contributed by atoms with Gasteiger partial charge < -0.3 is 5.73 Å². The minimum Gasteiger partial charge on any atom is -0.330 e. The first-order valence-corrected chi connectivity index (χ1v) is 4.78. The van der Waals surface area contributed by atoms with Gasteiger partial charge in [-0.1, -0.05) is 11.6 Å². The van der Waals surface area contributed by atoms with Gasteiger partial charge in [-0.15, -0.1) is 0 Å². The number of fused-ring (bicyclic) bond motifs is 2. The van der Waals surface area contributed by atoms with E-state index in [1.165, 1.54) is 32.1 Å². The summed E-state index contributed by atoms with van der Waals surface area (Å²) in [5.74, 6) is 1.70. The second kappa shape index (κ2) is 2.98. The summed E-state index contributed by atoms with van der Waals surface area (Å²) in [4.78, 5) is 0. The van der Waals surface area contributed by atoms with E-state index in [0.29, 0.717) is 5.92 Å². The maximum Gasteiger partial charge on any atom is -0.00140 e. The highest BCUT2D eigenvalue weighted by atomic mass is 14.5. The molecule has 2 unspecified atom stereocenters. The Morgan fingerprint density at radius 2 is 2.45 bits per heavy atom. The predicted molar refractivity (Wildman–Crippen MR) is 47.2 cm³/mol. The predicted octanol–water partition coefficient (Wildman–Crippen LogP) is 2.08. The van der Waals surface area contributed by atoms with Crippen LogP contribution < -0.4 is 5.73 Å². The Bertz CT molecular complexity index is 172. The molecule has 0 spiro atoms.